The van der Waals surface area contributed by atoms with Gasteiger partial charge in [0.1, 0.15) is 0 Å². The van der Waals surface area contributed by atoms with Crippen molar-refractivity contribution in [2.24, 2.45) is 10.8 Å². The van der Waals surface area contributed by atoms with Crippen LogP contribution in [0.15, 0.2) is 12.2 Å². The molecule has 1 aliphatic carbocycles. The van der Waals surface area contributed by atoms with Gasteiger partial charge in [0.15, 0.2) is 0 Å². The van der Waals surface area contributed by atoms with Crippen molar-refractivity contribution in [3.8, 4) is 0 Å². The van der Waals surface area contributed by atoms with Gasteiger partial charge in [-0.2, -0.15) is 0 Å². The average Bonchev–Trinajstić information content (AvgIpc) is 2.38. The highest BCUT2D eigenvalue weighted by Crippen LogP contribution is 2.71. The minimum atomic E-state index is 0.460. The smallest absolute Gasteiger partial charge is 0.00250 e. The SMILES string of the molecule is C=C1[C@](C)(CC)[C@]1(C)CC. The summed E-state index contributed by atoms with van der Waals surface area (Å²) in [5, 5.41) is 0. The first-order chi connectivity index (χ1) is 4.53. The van der Waals surface area contributed by atoms with Gasteiger partial charge in [-0.15, -0.1) is 0 Å². The van der Waals surface area contributed by atoms with Crippen LogP contribution in [0.25, 0.3) is 0 Å². The van der Waals surface area contributed by atoms with E-state index in [1.165, 1.54) is 18.4 Å². The molecule has 2 atom stereocenters. The highest BCUT2D eigenvalue weighted by Gasteiger charge is 2.62. The minimum absolute atomic E-state index is 0.460. The molecule has 0 heteroatoms. The molecule has 1 saturated carbocycles. The summed E-state index contributed by atoms with van der Waals surface area (Å²) in [6.07, 6.45) is 2.49. The summed E-state index contributed by atoms with van der Waals surface area (Å²) in [7, 11) is 0. The van der Waals surface area contributed by atoms with Gasteiger partial charge in [0.05, 0.1) is 0 Å². The van der Waals surface area contributed by atoms with Gasteiger partial charge < -0.3 is 0 Å². The molecule has 0 aromatic heterocycles. The second-order valence-electron chi connectivity index (χ2n) is 3.85. The van der Waals surface area contributed by atoms with Crippen LogP contribution in [0.2, 0.25) is 0 Å². The molecular formula is C10H18. The monoisotopic (exact) mass is 138 g/mol. The molecule has 1 aliphatic rings. The molecule has 0 aromatic rings. The standard InChI is InChI=1S/C10H18/c1-6-9(4)8(3)10(9,5)7-2/h3,6-7H2,1-2,4-5H3/t9-,10+. The lowest BCUT2D eigenvalue weighted by Gasteiger charge is -2.12. The molecule has 0 amide bonds. The Morgan fingerprint density at radius 1 is 1.10 bits per heavy atom. The van der Waals surface area contributed by atoms with Crippen molar-refractivity contribution in [3.63, 3.8) is 0 Å². The lowest BCUT2D eigenvalue weighted by molar-refractivity contribution is 0.367. The summed E-state index contributed by atoms with van der Waals surface area (Å²) < 4.78 is 0. The molecule has 0 heterocycles. The fraction of sp³-hybridized carbons (Fsp3) is 0.800. The molecule has 10 heavy (non-hydrogen) atoms. The van der Waals surface area contributed by atoms with Crippen LogP contribution in [0.3, 0.4) is 0 Å². The van der Waals surface area contributed by atoms with Crippen LogP contribution in [0.5, 0.6) is 0 Å². The predicted molar refractivity (Wildman–Crippen MR) is 45.9 cm³/mol. The van der Waals surface area contributed by atoms with E-state index >= 15 is 0 Å². The molecule has 0 aromatic carbocycles. The van der Waals surface area contributed by atoms with E-state index in [4.69, 9.17) is 0 Å². The van der Waals surface area contributed by atoms with Crippen molar-refractivity contribution >= 4 is 0 Å². The summed E-state index contributed by atoms with van der Waals surface area (Å²) in [4.78, 5) is 0. The normalized spacial score (nSPS) is 45.8. The summed E-state index contributed by atoms with van der Waals surface area (Å²) in [5.74, 6) is 0. The molecule has 0 aliphatic heterocycles. The average molecular weight is 138 g/mol. The topological polar surface area (TPSA) is 0 Å². The number of hydrogen-bond acceptors (Lipinski definition) is 0. The van der Waals surface area contributed by atoms with Crippen LogP contribution >= 0.6 is 0 Å². The predicted octanol–water partition coefficient (Wildman–Crippen LogP) is 3.39. The summed E-state index contributed by atoms with van der Waals surface area (Å²) in [5.41, 5.74) is 2.38. The van der Waals surface area contributed by atoms with Gasteiger partial charge in [0.2, 0.25) is 0 Å². The van der Waals surface area contributed by atoms with E-state index in [1.54, 1.807) is 0 Å². The van der Waals surface area contributed by atoms with Crippen molar-refractivity contribution < 1.29 is 0 Å². The fourth-order valence-electron chi connectivity index (χ4n) is 2.13. The van der Waals surface area contributed by atoms with Gasteiger partial charge in [-0.05, 0) is 23.7 Å². The molecule has 1 rings (SSSR count). The molecule has 0 saturated heterocycles. The van der Waals surface area contributed by atoms with Crippen LogP contribution in [0, 0.1) is 10.8 Å². The van der Waals surface area contributed by atoms with Crippen LogP contribution in [0.1, 0.15) is 40.5 Å². The number of allylic oxidation sites excluding steroid dienone is 1. The first-order valence-electron chi connectivity index (χ1n) is 4.22. The second kappa shape index (κ2) is 1.87. The molecule has 1 fully saturated rings. The molecule has 0 nitrogen and oxygen atoms in total. The van der Waals surface area contributed by atoms with Crippen LogP contribution in [-0.4, -0.2) is 0 Å². The lowest BCUT2D eigenvalue weighted by Crippen LogP contribution is -2.04. The van der Waals surface area contributed by atoms with Gasteiger partial charge in [-0.1, -0.05) is 39.8 Å². The van der Waals surface area contributed by atoms with Crippen molar-refractivity contribution in [3.05, 3.63) is 12.2 Å². The molecule has 0 radical (unpaired) electrons. The van der Waals surface area contributed by atoms with E-state index < -0.39 is 0 Å². The molecule has 0 bridgehead atoms. The zero-order valence-electron chi connectivity index (χ0n) is 7.62. The lowest BCUT2D eigenvalue weighted by atomic mass is 9.92. The third-order valence-electron chi connectivity index (χ3n) is 3.90. The van der Waals surface area contributed by atoms with Crippen LogP contribution in [-0.2, 0) is 0 Å². The zero-order valence-corrected chi connectivity index (χ0v) is 7.62. The zero-order chi connectivity index (χ0) is 7.99. The third kappa shape index (κ3) is 0.574. The first-order valence-corrected chi connectivity index (χ1v) is 4.22. The maximum absolute atomic E-state index is 4.11. The highest BCUT2D eigenvalue weighted by molar-refractivity contribution is 5.40. The Bertz CT molecular complexity index is 151. The Morgan fingerprint density at radius 3 is 1.50 bits per heavy atom. The van der Waals surface area contributed by atoms with Gasteiger partial charge in [-0.25, -0.2) is 0 Å². The quantitative estimate of drug-likeness (QED) is 0.513. The Balaban J connectivity index is 2.81. The Kier molecular flexibility index (Phi) is 1.47. The summed E-state index contributed by atoms with van der Waals surface area (Å²) >= 11 is 0. The van der Waals surface area contributed by atoms with Crippen molar-refractivity contribution in [2.75, 3.05) is 0 Å². The third-order valence-corrected chi connectivity index (χ3v) is 3.90. The second-order valence-corrected chi connectivity index (χ2v) is 3.85. The van der Waals surface area contributed by atoms with Gasteiger partial charge in [-0.3, -0.25) is 0 Å². The van der Waals surface area contributed by atoms with Gasteiger partial charge in [0, 0.05) is 0 Å². The van der Waals surface area contributed by atoms with Crippen molar-refractivity contribution in [1.82, 2.24) is 0 Å². The Labute approximate surface area is 64.3 Å². The van der Waals surface area contributed by atoms with Crippen molar-refractivity contribution in [1.29, 1.82) is 0 Å². The van der Waals surface area contributed by atoms with Crippen molar-refractivity contribution in [2.45, 2.75) is 40.5 Å². The maximum Gasteiger partial charge on any atom is -0.00250 e. The largest absolute Gasteiger partial charge is 0.0987 e. The van der Waals surface area contributed by atoms with E-state index in [1.807, 2.05) is 0 Å². The van der Waals surface area contributed by atoms with E-state index in [-0.39, 0.29) is 0 Å². The molecule has 58 valence electrons. The Hall–Kier alpha value is -0.260. The summed E-state index contributed by atoms with van der Waals surface area (Å²) in [6, 6.07) is 0. The van der Waals surface area contributed by atoms with E-state index in [2.05, 4.69) is 34.3 Å². The number of rotatable bonds is 2. The maximum atomic E-state index is 4.11. The molecule has 0 unspecified atom stereocenters. The van der Waals surface area contributed by atoms with Gasteiger partial charge in [0.25, 0.3) is 0 Å². The molecule has 0 N–H and O–H groups in total. The fourth-order valence-corrected chi connectivity index (χ4v) is 2.13. The first kappa shape index (κ1) is 7.84. The molecular weight excluding hydrogens is 120 g/mol. The molecule has 0 spiro atoms. The highest BCUT2D eigenvalue weighted by atomic mass is 14.7. The van der Waals surface area contributed by atoms with E-state index in [0.29, 0.717) is 10.8 Å². The Morgan fingerprint density at radius 2 is 1.40 bits per heavy atom. The number of hydrogen-bond donors (Lipinski definition) is 0. The van der Waals surface area contributed by atoms with E-state index in [0.717, 1.165) is 0 Å². The van der Waals surface area contributed by atoms with Crippen LogP contribution < -0.4 is 0 Å². The van der Waals surface area contributed by atoms with Gasteiger partial charge >= 0.3 is 0 Å². The summed E-state index contributed by atoms with van der Waals surface area (Å²) in [6.45, 7) is 13.3. The van der Waals surface area contributed by atoms with Crippen LogP contribution in [0.4, 0.5) is 0 Å². The van der Waals surface area contributed by atoms with E-state index in [9.17, 15) is 0 Å². The minimum Gasteiger partial charge on any atom is -0.0987 e.